The maximum Gasteiger partial charge on any atom is 0.230 e. The Labute approximate surface area is 160 Å². The number of amides is 1. The molecule has 0 spiro atoms. The maximum atomic E-state index is 12.0. The van der Waals surface area contributed by atoms with Crippen molar-refractivity contribution >= 4 is 39.2 Å². The first-order valence-electron chi connectivity index (χ1n) is 8.53. The molecule has 1 atom stereocenters. The van der Waals surface area contributed by atoms with Gasteiger partial charge in [0.05, 0.1) is 40.6 Å². The number of rotatable bonds is 6. The third-order valence-electron chi connectivity index (χ3n) is 4.18. The molecular formula is C18H20N4O2S2. The predicted molar refractivity (Wildman–Crippen MR) is 104 cm³/mol. The van der Waals surface area contributed by atoms with Gasteiger partial charge in [-0.15, -0.1) is 11.3 Å². The number of thioether (sulfide) groups is 1. The third-order valence-corrected chi connectivity index (χ3v) is 6.34. The molecule has 0 bridgehead atoms. The first kappa shape index (κ1) is 17.5. The zero-order valence-electron chi connectivity index (χ0n) is 14.5. The number of imidazole rings is 1. The summed E-state index contributed by atoms with van der Waals surface area (Å²) in [4.78, 5) is 20.9. The molecule has 1 amide bonds. The molecule has 1 aliphatic rings. The molecule has 1 aromatic carbocycles. The molecule has 1 saturated heterocycles. The van der Waals surface area contributed by atoms with E-state index in [-0.39, 0.29) is 11.9 Å². The van der Waals surface area contributed by atoms with Crippen LogP contribution in [0.3, 0.4) is 0 Å². The van der Waals surface area contributed by atoms with Crippen LogP contribution in [-0.2, 0) is 16.1 Å². The summed E-state index contributed by atoms with van der Waals surface area (Å²) in [6.07, 6.45) is 4.78. The van der Waals surface area contributed by atoms with Gasteiger partial charge < -0.3 is 14.6 Å². The van der Waals surface area contributed by atoms with Crippen molar-refractivity contribution in [2.24, 2.45) is 0 Å². The molecular weight excluding hydrogens is 368 g/mol. The molecule has 2 aromatic heterocycles. The molecule has 1 unspecified atom stereocenters. The summed E-state index contributed by atoms with van der Waals surface area (Å²) >= 11 is 3.12. The van der Waals surface area contributed by atoms with Gasteiger partial charge >= 0.3 is 0 Å². The van der Waals surface area contributed by atoms with Crippen LogP contribution in [0.25, 0.3) is 10.2 Å². The van der Waals surface area contributed by atoms with Gasteiger partial charge in [0.15, 0.2) is 4.34 Å². The first-order valence-corrected chi connectivity index (χ1v) is 10.3. The molecule has 136 valence electrons. The number of benzene rings is 1. The Morgan fingerprint density at radius 3 is 3.19 bits per heavy atom. The molecule has 0 radical (unpaired) electrons. The van der Waals surface area contributed by atoms with E-state index in [9.17, 15) is 4.79 Å². The highest BCUT2D eigenvalue weighted by molar-refractivity contribution is 8.01. The van der Waals surface area contributed by atoms with Crippen LogP contribution in [0.2, 0.25) is 0 Å². The molecule has 1 aliphatic heterocycles. The standard InChI is InChI=1S/C18H20N4O2S2/c1-12-7-22(11-19-12)8-13-2-3-15-16(6-13)26-18(21-15)25-10-17(23)20-14-4-5-24-9-14/h2-3,6-7,11,14H,4-5,8-10H2,1H3,(H,20,23). The lowest BCUT2D eigenvalue weighted by Crippen LogP contribution is -2.36. The number of carbonyl (C=O) groups excluding carboxylic acids is 1. The summed E-state index contributed by atoms with van der Waals surface area (Å²) in [5, 5.41) is 3.00. The minimum atomic E-state index is 0.0425. The fourth-order valence-electron chi connectivity index (χ4n) is 2.92. The summed E-state index contributed by atoms with van der Waals surface area (Å²) < 4.78 is 9.42. The van der Waals surface area contributed by atoms with Crippen LogP contribution >= 0.6 is 23.1 Å². The molecule has 26 heavy (non-hydrogen) atoms. The van der Waals surface area contributed by atoms with Crippen LogP contribution in [0.15, 0.2) is 35.1 Å². The van der Waals surface area contributed by atoms with Gasteiger partial charge in [0.2, 0.25) is 5.91 Å². The highest BCUT2D eigenvalue weighted by Crippen LogP contribution is 2.30. The Kier molecular flexibility index (Phi) is 5.23. The fourth-order valence-corrected chi connectivity index (χ4v) is 4.87. The average molecular weight is 389 g/mol. The van der Waals surface area contributed by atoms with Crippen molar-refractivity contribution in [2.45, 2.75) is 30.3 Å². The minimum absolute atomic E-state index is 0.0425. The van der Waals surface area contributed by atoms with Gasteiger partial charge in [-0.2, -0.15) is 0 Å². The molecule has 4 rings (SSSR count). The van der Waals surface area contributed by atoms with Crippen LogP contribution in [0, 0.1) is 6.92 Å². The van der Waals surface area contributed by atoms with Crippen molar-refractivity contribution in [1.82, 2.24) is 19.9 Å². The molecule has 0 saturated carbocycles. The zero-order valence-corrected chi connectivity index (χ0v) is 16.1. The number of aromatic nitrogens is 3. The van der Waals surface area contributed by atoms with Crippen LogP contribution in [0.5, 0.6) is 0 Å². The summed E-state index contributed by atoms with van der Waals surface area (Å²) in [7, 11) is 0. The average Bonchev–Trinajstić information content (AvgIpc) is 3.34. The van der Waals surface area contributed by atoms with Gasteiger partial charge in [-0.1, -0.05) is 17.8 Å². The van der Waals surface area contributed by atoms with Crippen LogP contribution in [0.4, 0.5) is 0 Å². The Morgan fingerprint density at radius 1 is 1.50 bits per heavy atom. The monoisotopic (exact) mass is 388 g/mol. The second-order valence-electron chi connectivity index (χ2n) is 6.39. The topological polar surface area (TPSA) is 69.0 Å². The van der Waals surface area contributed by atoms with Gasteiger partial charge in [0.25, 0.3) is 0 Å². The zero-order chi connectivity index (χ0) is 17.9. The van der Waals surface area contributed by atoms with Crippen molar-refractivity contribution in [3.8, 4) is 0 Å². The summed E-state index contributed by atoms with van der Waals surface area (Å²) in [6.45, 7) is 4.14. The third kappa shape index (κ3) is 4.25. The summed E-state index contributed by atoms with van der Waals surface area (Å²) in [6, 6.07) is 6.47. The predicted octanol–water partition coefficient (Wildman–Crippen LogP) is 2.85. The second-order valence-corrected chi connectivity index (χ2v) is 8.64. The molecule has 1 N–H and O–H groups in total. The van der Waals surface area contributed by atoms with Crippen molar-refractivity contribution in [2.75, 3.05) is 19.0 Å². The number of nitrogens with one attached hydrogen (secondary N) is 1. The lowest BCUT2D eigenvalue weighted by molar-refractivity contribution is -0.119. The Balaban J connectivity index is 1.38. The maximum absolute atomic E-state index is 12.0. The van der Waals surface area contributed by atoms with E-state index in [0.717, 1.165) is 39.8 Å². The highest BCUT2D eigenvalue weighted by atomic mass is 32.2. The second kappa shape index (κ2) is 7.77. The minimum Gasteiger partial charge on any atom is -0.379 e. The van der Waals surface area contributed by atoms with E-state index in [0.29, 0.717) is 12.4 Å². The fraction of sp³-hybridized carbons (Fsp3) is 0.389. The van der Waals surface area contributed by atoms with Crippen molar-refractivity contribution in [3.05, 3.63) is 42.0 Å². The SMILES string of the molecule is Cc1cn(Cc2ccc3nc(SCC(=O)NC4CCOC4)sc3c2)cn1. The van der Waals surface area contributed by atoms with E-state index in [4.69, 9.17) is 4.74 Å². The molecule has 8 heteroatoms. The number of nitrogens with zero attached hydrogens (tertiary/aromatic N) is 3. The highest BCUT2D eigenvalue weighted by Gasteiger charge is 2.18. The number of aryl methyl sites for hydroxylation is 1. The number of fused-ring (bicyclic) bond motifs is 1. The largest absolute Gasteiger partial charge is 0.379 e. The molecule has 1 fully saturated rings. The van der Waals surface area contributed by atoms with E-state index in [1.807, 2.05) is 25.5 Å². The van der Waals surface area contributed by atoms with E-state index in [2.05, 4.69) is 32.0 Å². The summed E-state index contributed by atoms with van der Waals surface area (Å²) in [5.41, 5.74) is 3.21. The van der Waals surface area contributed by atoms with E-state index in [1.54, 1.807) is 11.3 Å². The van der Waals surface area contributed by atoms with E-state index < -0.39 is 0 Å². The smallest absolute Gasteiger partial charge is 0.230 e. The molecule has 3 aromatic rings. The quantitative estimate of drug-likeness (QED) is 0.658. The van der Waals surface area contributed by atoms with Gasteiger partial charge in [0, 0.05) is 19.3 Å². The number of hydrogen-bond donors (Lipinski definition) is 1. The van der Waals surface area contributed by atoms with E-state index >= 15 is 0 Å². The van der Waals surface area contributed by atoms with Crippen molar-refractivity contribution < 1.29 is 9.53 Å². The lowest BCUT2D eigenvalue weighted by atomic mass is 10.2. The van der Waals surface area contributed by atoms with Crippen LogP contribution < -0.4 is 5.32 Å². The normalized spacial score (nSPS) is 17.0. The number of hydrogen-bond acceptors (Lipinski definition) is 6. The lowest BCUT2D eigenvalue weighted by Gasteiger charge is -2.09. The van der Waals surface area contributed by atoms with Gasteiger partial charge in [-0.25, -0.2) is 9.97 Å². The number of carbonyl (C=O) groups is 1. The Bertz CT molecular complexity index is 915. The van der Waals surface area contributed by atoms with Crippen LogP contribution in [-0.4, -0.2) is 45.5 Å². The van der Waals surface area contributed by atoms with Crippen molar-refractivity contribution in [3.63, 3.8) is 0 Å². The van der Waals surface area contributed by atoms with Gasteiger partial charge in [-0.05, 0) is 31.0 Å². The number of ether oxygens (including phenoxy) is 1. The molecule has 0 aliphatic carbocycles. The van der Waals surface area contributed by atoms with Crippen LogP contribution in [0.1, 0.15) is 17.7 Å². The van der Waals surface area contributed by atoms with E-state index in [1.165, 1.54) is 17.3 Å². The molecule has 3 heterocycles. The van der Waals surface area contributed by atoms with Gasteiger partial charge in [0.1, 0.15) is 0 Å². The molecule has 6 nitrogen and oxygen atoms in total. The summed E-state index contributed by atoms with van der Waals surface area (Å²) in [5.74, 6) is 0.429. The number of thiazole rings is 1. The Morgan fingerprint density at radius 2 is 2.42 bits per heavy atom. The Hall–Kier alpha value is -1.90. The first-order chi connectivity index (χ1) is 12.7. The van der Waals surface area contributed by atoms with Gasteiger partial charge in [-0.3, -0.25) is 4.79 Å². The van der Waals surface area contributed by atoms with Crippen molar-refractivity contribution in [1.29, 1.82) is 0 Å².